The molecule has 162 valence electrons. The Kier molecular flexibility index (Phi) is 9.02. The molecule has 0 aromatic rings. The minimum atomic E-state index is -0.783. The molecule has 0 radical (unpaired) electrons. The van der Waals surface area contributed by atoms with Gasteiger partial charge in [0.05, 0.1) is 6.54 Å². The van der Waals surface area contributed by atoms with E-state index >= 15 is 0 Å². The van der Waals surface area contributed by atoms with Crippen molar-refractivity contribution < 1.29 is 14.7 Å². The number of carboxylic acid groups (broad SMARTS) is 1. The van der Waals surface area contributed by atoms with Crippen molar-refractivity contribution in [1.82, 2.24) is 20.0 Å². The van der Waals surface area contributed by atoms with E-state index in [0.29, 0.717) is 31.6 Å². The number of likely N-dealkylation sites (N-methyl/N-ethyl adjacent to an activating group) is 1. The zero-order valence-electron chi connectivity index (χ0n) is 18.2. The molecule has 0 spiro atoms. The average molecular weight is 397 g/mol. The Bertz CT molecular complexity index is 498. The van der Waals surface area contributed by atoms with E-state index in [1.807, 2.05) is 16.7 Å². The van der Waals surface area contributed by atoms with Crippen molar-refractivity contribution in [3.63, 3.8) is 0 Å². The average Bonchev–Trinajstić information content (AvgIpc) is 2.67. The topological polar surface area (TPSA) is 76.1 Å². The van der Waals surface area contributed by atoms with Gasteiger partial charge < -0.3 is 15.3 Å². The fraction of sp³-hybridized carbons (Fsp3) is 0.905. The van der Waals surface area contributed by atoms with Gasteiger partial charge in [0.15, 0.2) is 0 Å². The van der Waals surface area contributed by atoms with Crippen LogP contribution in [0.2, 0.25) is 0 Å². The van der Waals surface area contributed by atoms with Crippen LogP contribution in [0, 0.1) is 11.8 Å². The predicted molar refractivity (Wildman–Crippen MR) is 111 cm³/mol. The second kappa shape index (κ2) is 11.0. The Hall–Kier alpha value is -1.34. The number of aliphatic carboxylic acids is 1. The highest BCUT2D eigenvalue weighted by Crippen LogP contribution is 2.21. The first-order valence-corrected chi connectivity index (χ1v) is 11.0. The number of hydrogen-bond donors (Lipinski definition) is 2. The van der Waals surface area contributed by atoms with Crippen molar-refractivity contribution in [2.45, 2.75) is 65.5 Å². The van der Waals surface area contributed by atoms with E-state index < -0.39 is 5.97 Å². The molecular weight excluding hydrogens is 356 g/mol. The first-order valence-electron chi connectivity index (χ1n) is 11.0. The zero-order valence-corrected chi connectivity index (χ0v) is 18.2. The number of amides is 2. The summed E-state index contributed by atoms with van der Waals surface area (Å²) in [6.07, 6.45) is 4.17. The quantitative estimate of drug-likeness (QED) is 0.659. The van der Waals surface area contributed by atoms with Crippen LogP contribution in [0.5, 0.6) is 0 Å². The number of urea groups is 1. The van der Waals surface area contributed by atoms with Crippen LogP contribution in [0.4, 0.5) is 4.79 Å². The van der Waals surface area contributed by atoms with Gasteiger partial charge in [0.1, 0.15) is 0 Å². The molecule has 2 N–H and O–H groups in total. The summed E-state index contributed by atoms with van der Waals surface area (Å²) in [7, 11) is 0. The maximum Gasteiger partial charge on any atom is 0.317 e. The molecule has 1 unspecified atom stereocenters. The number of hydrogen-bond acceptors (Lipinski definition) is 4. The van der Waals surface area contributed by atoms with Gasteiger partial charge in [0.25, 0.3) is 0 Å². The number of nitrogens with one attached hydrogen (secondary N) is 1. The highest BCUT2D eigenvalue weighted by molar-refractivity contribution is 5.74. The minimum absolute atomic E-state index is 0.0239. The molecular formula is C21H40N4O3. The third kappa shape index (κ3) is 6.62. The normalized spacial score (nSPS) is 21.3. The number of carbonyl (C=O) groups excluding carboxylic acids is 1. The van der Waals surface area contributed by atoms with Crippen molar-refractivity contribution in [2.75, 3.05) is 45.8 Å². The molecule has 7 nitrogen and oxygen atoms in total. The molecule has 2 fully saturated rings. The smallest absolute Gasteiger partial charge is 0.317 e. The van der Waals surface area contributed by atoms with E-state index in [-0.39, 0.29) is 18.6 Å². The van der Waals surface area contributed by atoms with Crippen molar-refractivity contribution in [1.29, 1.82) is 0 Å². The number of likely N-dealkylation sites (tertiary alicyclic amines) is 2. The van der Waals surface area contributed by atoms with E-state index in [0.717, 1.165) is 38.4 Å². The zero-order chi connectivity index (χ0) is 20.7. The summed E-state index contributed by atoms with van der Waals surface area (Å²) in [5.74, 6) is 0.534. The van der Waals surface area contributed by atoms with Gasteiger partial charge >= 0.3 is 12.0 Å². The standard InChI is InChI=1S/C21H40N4O3/c1-5-23(15-20(26)27)18-8-12-25(13-9-18)21(28)22-14-19(16(2)3)24-10-6-17(4)7-11-24/h16-19H,5-15H2,1-4H3,(H,22,28)(H,26,27). The largest absolute Gasteiger partial charge is 0.480 e. The molecule has 0 aromatic heterocycles. The lowest BCUT2D eigenvalue weighted by atomic mass is 9.94. The van der Waals surface area contributed by atoms with E-state index in [4.69, 9.17) is 5.11 Å². The van der Waals surface area contributed by atoms with Crippen molar-refractivity contribution in [3.05, 3.63) is 0 Å². The lowest BCUT2D eigenvalue weighted by molar-refractivity contribution is -0.139. The molecule has 2 aliphatic rings. The number of nitrogens with zero attached hydrogens (tertiary/aromatic N) is 3. The molecule has 2 rings (SSSR count). The Balaban J connectivity index is 1.79. The van der Waals surface area contributed by atoms with Gasteiger partial charge in [-0.1, -0.05) is 27.7 Å². The molecule has 0 aliphatic carbocycles. The Morgan fingerprint density at radius 3 is 2.21 bits per heavy atom. The highest BCUT2D eigenvalue weighted by Gasteiger charge is 2.29. The molecule has 2 aliphatic heterocycles. The summed E-state index contributed by atoms with van der Waals surface area (Å²) in [4.78, 5) is 30.1. The fourth-order valence-electron chi connectivity index (χ4n) is 4.56. The van der Waals surface area contributed by atoms with Crippen LogP contribution in [0.1, 0.15) is 53.4 Å². The summed E-state index contributed by atoms with van der Waals surface area (Å²) in [6.45, 7) is 13.9. The molecule has 2 amide bonds. The molecule has 1 atom stereocenters. The summed E-state index contributed by atoms with van der Waals surface area (Å²) in [5.41, 5.74) is 0. The summed E-state index contributed by atoms with van der Waals surface area (Å²) >= 11 is 0. The van der Waals surface area contributed by atoms with E-state index in [2.05, 4.69) is 31.0 Å². The first kappa shape index (κ1) is 22.9. The Morgan fingerprint density at radius 1 is 1.11 bits per heavy atom. The molecule has 28 heavy (non-hydrogen) atoms. The molecule has 7 heteroatoms. The molecule has 2 heterocycles. The number of rotatable bonds is 8. The first-order chi connectivity index (χ1) is 13.3. The lowest BCUT2D eigenvalue weighted by Crippen LogP contribution is -2.54. The van der Waals surface area contributed by atoms with E-state index in [1.54, 1.807) is 0 Å². The van der Waals surface area contributed by atoms with Crippen LogP contribution in [0.15, 0.2) is 0 Å². The van der Waals surface area contributed by atoms with Crippen LogP contribution in [0.25, 0.3) is 0 Å². The van der Waals surface area contributed by atoms with Crippen LogP contribution in [-0.2, 0) is 4.79 Å². The Morgan fingerprint density at radius 2 is 1.71 bits per heavy atom. The second-order valence-electron chi connectivity index (χ2n) is 8.89. The second-order valence-corrected chi connectivity index (χ2v) is 8.89. The van der Waals surface area contributed by atoms with Crippen molar-refractivity contribution in [3.8, 4) is 0 Å². The van der Waals surface area contributed by atoms with Gasteiger partial charge in [-0.15, -0.1) is 0 Å². The molecule has 0 bridgehead atoms. The Labute approximate surface area is 170 Å². The maximum atomic E-state index is 12.7. The van der Waals surface area contributed by atoms with Crippen LogP contribution in [0.3, 0.4) is 0 Å². The number of carbonyl (C=O) groups is 2. The lowest BCUT2D eigenvalue weighted by Gasteiger charge is -2.40. The van der Waals surface area contributed by atoms with Gasteiger partial charge in [0.2, 0.25) is 0 Å². The predicted octanol–water partition coefficient (Wildman–Crippen LogP) is 2.32. The summed E-state index contributed by atoms with van der Waals surface area (Å²) in [6, 6.07) is 0.666. The molecule has 0 aromatic carbocycles. The van der Waals surface area contributed by atoms with Gasteiger partial charge in [-0.2, -0.15) is 0 Å². The van der Waals surface area contributed by atoms with E-state index in [9.17, 15) is 9.59 Å². The highest BCUT2D eigenvalue weighted by atomic mass is 16.4. The van der Waals surface area contributed by atoms with Crippen LogP contribution < -0.4 is 5.32 Å². The third-order valence-electron chi connectivity index (χ3n) is 6.53. The SMILES string of the molecule is CCN(CC(=O)O)C1CCN(C(=O)NCC(C(C)C)N2CCC(C)CC2)CC1. The third-order valence-corrected chi connectivity index (χ3v) is 6.53. The van der Waals surface area contributed by atoms with Gasteiger partial charge in [0, 0.05) is 31.7 Å². The molecule has 2 saturated heterocycles. The number of carboxylic acids is 1. The van der Waals surface area contributed by atoms with Crippen LogP contribution in [-0.4, -0.2) is 89.7 Å². The monoisotopic (exact) mass is 396 g/mol. The maximum absolute atomic E-state index is 12.7. The van der Waals surface area contributed by atoms with E-state index in [1.165, 1.54) is 12.8 Å². The van der Waals surface area contributed by atoms with Crippen molar-refractivity contribution in [2.24, 2.45) is 11.8 Å². The number of piperidine rings is 2. The summed E-state index contributed by atoms with van der Waals surface area (Å²) in [5, 5.41) is 12.2. The van der Waals surface area contributed by atoms with Gasteiger partial charge in [-0.3, -0.25) is 14.6 Å². The van der Waals surface area contributed by atoms with Crippen molar-refractivity contribution >= 4 is 12.0 Å². The fourth-order valence-corrected chi connectivity index (χ4v) is 4.56. The minimum Gasteiger partial charge on any atom is -0.480 e. The molecule has 0 saturated carbocycles. The van der Waals surface area contributed by atoms with Gasteiger partial charge in [-0.05, 0) is 57.2 Å². The van der Waals surface area contributed by atoms with Crippen LogP contribution >= 0.6 is 0 Å². The summed E-state index contributed by atoms with van der Waals surface area (Å²) < 4.78 is 0. The van der Waals surface area contributed by atoms with Gasteiger partial charge in [-0.25, -0.2) is 4.79 Å².